The fourth-order valence-electron chi connectivity index (χ4n) is 3.56. The van der Waals surface area contributed by atoms with Gasteiger partial charge in [-0.1, -0.05) is 23.9 Å². The Morgan fingerprint density at radius 1 is 1.21 bits per heavy atom. The maximum Gasteiger partial charge on any atom is 0.339 e. The van der Waals surface area contributed by atoms with E-state index in [9.17, 15) is 14.0 Å². The van der Waals surface area contributed by atoms with Crippen LogP contribution in [0.5, 0.6) is 0 Å². The van der Waals surface area contributed by atoms with Crippen molar-refractivity contribution in [3.05, 3.63) is 59.9 Å². The van der Waals surface area contributed by atoms with Crippen molar-refractivity contribution < 1.29 is 23.5 Å². The van der Waals surface area contributed by atoms with E-state index in [2.05, 4.69) is 15.5 Å². The lowest BCUT2D eigenvalue weighted by Gasteiger charge is -2.15. The third-order valence-corrected chi connectivity index (χ3v) is 6.14. The van der Waals surface area contributed by atoms with Crippen molar-refractivity contribution in [1.29, 1.82) is 0 Å². The molecule has 1 aliphatic heterocycles. The third kappa shape index (κ3) is 5.58. The molecule has 0 bridgehead atoms. The number of ether oxygens (including phenoxy) is 2. The summed E-state index contributed by atoms with van der Waals surface area (Å²) in [5.41, 5.74) is 1.38. The number of para-hydroxylation sites is 1. The number of carbonyl (C=O) groups is 2. The van der Waals surface area contributed by atoms with Gasteiger partial charge < -0.3 is 14.8 Å². The summed E-state index contributed by atoms with van der Waals surface area (Å²) in [5, 5.41) is 11.9. The highest BCUT2D eigenvalue weighted by Crippen LogP contribution is 2.27. The van der Waals surface area contributed by atoms with Gasteiger partial charge in [0.15, 0.2) is 11.0 Å². The zero-order valence-electron chi connectivity index (χ0n) is 18.0. The number of rotatable bonds is 8. The molecule has 1 atom stereocenters. The van der Waals surface area contributed by atoms with E-state index >= 15 is 0 Å². The number of anilines is 1. The number of halogens is 1. The second kappa shape index (κ2) is 10.6. The summed E-state index contributed by atoms with van der Waals surface area (Å²) in [6, 6.07) is 12.7. The first-order valence-electron chi connectivity index (χ1n) is 10.5. The molecule has 1 saturated heterocycles. The summed E-state index contributed by atoms with van der Waals surface area (Å²) in [7, 11) is 1.29. The number of hydrogen-bond donors (Lipinski definition) is 1. The summed E-state index contributed by atoms with van der Waals surface area (Å²) in [5.74, 6) is -0.514. The van der Waals surface area contributed by atoms with E-state index in [-0.39, 0.29) is 29.1 Å². The minimum atomic E-state index is -0.529. The Kier molecular flexibility index (Phi) is 7.36. The molecule has 10 heteroatoms. The SMILES string of the molecule is COC(=O)c1ccccc1NC(=O)CSc1nnc(-c2ccc(F)cc2)n1CC1CCCO1. The number of nitrogens with one attached hydrogen (secondary N) is 1. The molecule has 2 aromatic carbocycles. The maximum absolute atomic E-state index is 13.4. The molecule has 33 heavy (non-hydrogen) atoms. The van der Waals surface area contributed by atoms with Gasteiger partial charge in [-0.05, 0) is 49.2 Å². The fraction of sp³-hybridized carbons (Fsp3) is 0.304. The molecule has 0 saturated carbocycles. The highest BCUT2D eigenvalue weighted by Gasteiger charge is 2.22. The van der Waals surface area contributed by atoms with Crippen molar-refractivity contribution in [3.63, 3.8) is 0 Å². The monoisotopic (exact) mass is 470 g/mol. The lowest BCUT2D eigenvalue weighted by atomic mass is 10.2. The normalized spacial score (nSPS) is 15.4. The standard InChI is InChI=1S/C23H23FN4O4S/c1-31-22(30)18-6-2-3-7-19(18)25-20(29)14-33-23-27-26-21(15-8-10-16(24)11-9-15)28(23)13-17-5-4-12-32-17/h2-3,6-11,17H,4-5,12-14H2,1H3,(H,25,29). The number of methoxy groups -OCH3 is 1. The second-order valence-corrected chi connectivity index (χ2v) is 8.38. The molecular formula is C23H23FN4O4S. The number of carbonyl (C=O) groups excluding carboxylic acids is 2. The Labute approximate surface area is 194 Å². The van der Waals surface area contributed by atoms with E-state index < -0.39 is 5.97 Å². The van der Waals surface area contributed by atoms with E-state index in [1.54, 1.807) is 36.4 Å². The number of esters is 1. The van der Waals surface area contributed by atoms with Gasteiger partial charge in [0.25, 0.3) is 0 Å². The predicted molar refractivity (Wildman–Crippen MR) is 122 cm³/mol. The van der Waals surface area contributed by atoms with Crippen LogP contribution in [0.15, 0.2) is 53.7 Å². The summed E-state index contributed by atoms with van der Waals surface area (Å²) < 4.78 is 25.8. The van der Waals surface area contributed by atoms with Crippen LogP contribution in [0.4, 0.5) is 10.1 Å². The Hall–Kier alpha value is -3.24. The smallest absolute Gasteiger partial charge is 0.339 e. The van der Waals surface area contributed by atoms with Gasteiger partial charge in [-0.15, -0.1) is 10.2 Å². The van der Waals surface area contributed by atoms with Gasteiger partial charge in [-0.3, -0.25) is 9.36 Å². The molecular weight excluding hydrogens is 447 g/mol. The summed E-state index contributed by atoms with van der Waals surface area (Å²) >= 11 is 1.23. The maximum atomic E-state index is 13.4. The van der Waals surface area contributed by atoms with Crippen LogP contribution in [-0.4, -0.2) is 52.2 Å². The summed E-state index contributed by atoms with van der Waals surface area (Å²) in [6.07, 6.45) is 1.94. The van der Waals surface area contributed by atoms with E-state index in [0.717, 1.165) is 18.4 Å². The molecule has 1 aromatic heterocycles. The van der Waals surface area contributed by atoms with Gasteiger partial charge in [-0.2, -0.15) is 0 Å². The molecule has 1 N–H and O–H groups in total. The van der Waals surface area contributed by atoms with Crippen molar-refractivity contribution in [2.75, 3.05) is 24.8 Å². The topological polar surface area (TPSA) is 95.3 Å². The number of amides is 1. The molecule has 1 aliphatic rings. The number of hydrogen-bond acceptors (Lipinski definition) is 7. The largest absolute Gasteiger partial charge is 0.465 e. The van der Waals surface area contributed by atoms with Crippen LogP contribution in [0, 0.1) is 5.82 Å². The Morgan fingerprint density at radius 3 is 2.73 bits per heavy atom. The Balaban J connectivity index is 1.50. The molecule has 2 heterocycles. The van der Waals surface area contributed by atoms with E-state index in [1.807, 2.05) is 4.57 Å². The highest BCUT2D eigenvalue weighted by atomic mass is 32.2. The lowest BCUT2D eigenvalue weighted by molar-refractivity contribution is -0.113. The number of nitrogens with zero attached hydrogens (tertiary/aromatic N) is 3. The number of aromatic nitrogens is 3. The minimum Gasteiger partial charge on any atom is -0.465 e. The summed E-state index contributed by atoms with van der Waals surface area (Å²) in [6.45, 7) is 1.25. The van der Waals surface area contributed by atoms with Gasteiger partial charge in [-0.25, -0.2) is 9.18 Å². The van der Waals surface area contributed by atoms with Gasteiger partial charge in [0.2, 0.25) is 5.91 Å². The Bertz CT molecular complexity index is 1130. The van der Waals surface area contributed by atoms with Gasteiger partial charge in [0.1, 0.15) is 5.82 Å². The quantitative estimate of drug-likeness (QED) is 0.395. The zero-order valence-corrected chi connectivity index (χ0v) is 18.8. The van der Waals surface area contributed by atoms with Crippen molar-refractivity contribution in [1.82, 2.24) is 14.8 Å². The summed E-state index contributed by atoms with van der Waals surface area (Å²) in [4.78, 5) is 24.5. The fourth-order valence-corrected chi connectivity index (χ4v) is 4.31. The molecule has 1 fully saturated rings. The van der Waals surface area contributed by atoms with Crippen LogP contribution in [0.1, 0.15) is 23.2 Å². The van der Waals surface area contributed by atoms with Crippen molar-refractivity contribution in [3.8, 4) is 11.4 Å². The van der Waals surface area contributed by atoms with Crippen LogP contribution in [0.3, 0.4) is 0 Å². The number of benzene rings is 2. The third-order valence-electron chi connectivity index (χ3n) is 5.17. The van der Waals surface area contributed by atoms with Crippen molar-refractivity contribution in [2.24, 2.45) is 0 Å². The van der Waals surface area contributed by atoms with E-state index in [0.29, 0.717) is 29.8 Å². The molecule has 0 radical (unpaired) electrons. The number of thioether (sulfide) groups is 1. The predicted octanol–water partition coefficient (Wildman–Crippen LogP) is 3.78. The molecule has 0 spiro atoms. The minimum absolute atomic E-state index is 0.0281. The molecule has 1 unspecified atom stereocenters. The molecule has 1 amide bonds. The highest BCUT2D eigenvalue weighted by molar-refractivity contribution is 7.99. The van der Waals surface area contributed by atoms with Crippen LogP contribution >= 0.6 is 11.8 Å². The van der Waals surface area contributed by atoms with Crippen molar-refractivity contribution in [2.45, 2.75) is 30.6 Å². The average Bonchev–Trinajstić information content (AvgIpc) is 3.48. The van der Waals surface area contributed by atoms with E-state index in [1.165, 1.54) is 31.0 Å². The van der Waals surface area contributed by atoms with Gasteiger partial charge in [0.05, 0.1) is 36.8 Å². The molecule has 8 nitrogen and oxygen atoms in total. The first kappa shape index (κ1) is 22.9. The molecule has 0 aliphatic carbocycles. The molecule has 3 aromatic rings. The van der Waals surface area contributed by atoms with Crippen LogP contribution < -0.4 is 5.32 Å². The van der Waals surface area contributed by atoms with Crippen molar-refractivity contribution >= 4 is 29.3 Å². The van der Waals surface area contributed by atoms with Gasteiger partial charge >= 0.3 is 5.97 Å². The van der Waals surface area contributed by atoms with Crippen LogP contribution in [-0.2, 0) is 20.8 Å². The average molecular weight is 471 g/mol. The van der Waals surface area contributed by atoms with E-state index in [4.69, 9.17) is 9.47 Å². The lowest BCUT2D eigenvalue weighted by Crippen LogP contribution is -2.19. The van der Waals surface area contributed by atoms with Gasteiger partial charge in [0, 0.05) is 12.2 Å². The molecule has 4 rings (SSSR count). The first-order chi connectivity index (χ1) is 16.0. The molecule has 172 valence electrons. The van der Waals surface area contributed by atoms with Crippen LogP contribution in [0.25, 0.3) is 11.4 Å². The Morgan fingerprint density at radius 2 is 2.00 bits per heavy atom. The zero-order chi connectivity index (χ0) is 23.2. The first-order valence-corrected chi connectivity index (χ1v) is 11.4. The second-order valence-electron chi connectivity index (χ2n) is 7.43. The van der Waals surface area contributed by atoms with Crippen LogP contribution in [0.2, 0.25) is 0 Å².